The van der Waals surface area contributed by atoms with Gasteiger partial charge in [0.15, 0.2) is 5.88 Å². The number of H-pyrrole nitrogens is 1. The van der Waals surface area contributed by atoms with Gasteiger partial charge in [-0.25, -0.2) is 0 Å². The number of carbonyl (C=O) groups excluding carboxylic acids is 1. The number of hydrogen-bond donors (Lipinski definition) is 1. The number of carbonyl (C=O) groups is 1. The van der Waals surface area contributed by atoms with Crippen LogP contribution in [0.25, 0.3) is 11.1 Å². The average Bonchev–Trinajstić information content (AvgIpc) is 3.02. The quantitative estimate of drug-likeness (QED) is 0.714. The van der Waals surface area contributed by atoms with Crippen molar-refractivity contribution >= 4 is 6.29 Å². The first-order valence-corrected chi connectivity index (χ1v) is 6.76. The lowest BCUT2D eigenvalue weighted by Crippen LogP contribution is -1.96. The molecule has 0 saturated carbocycles. The molecule has 0 saturated heterocycles. The molecule has 0 bridgehead atoms. The summed E-state index contributed by atoms with van der Waals surface area (Å²) >= 11 is 0. The van der Waals surface area contributed by atoms with Gasteiger partial charge in [0.2, 0.25) is 0 Å². The van der Waals surface area contributed by atoms with Crippen LogP contribution in [0.5, 0.6) is 5.88 Å². The van der Waals surface area contributed by atoms with Crippen LogP contribution in [0.15, 0.2) is 66.9 Å². The highest BCUT2D eigenvalue weighted by Gasteiger charge is 2.08. The van der Waals surface area contributed by atoms with Gasteiger partial charge in [0.25, 0.3) is 0 Å². The summed E-state index contributed by atoms with van der Waals surface area (Å²) in [7, 11) is 0. The molecule has 3 nitrogen and oxygen atoms in total. The molecular weight excluding hydrogens is 262 g/mol. The average molecular weight is 277 g/mol. The smallest absolute Gasteiger partial charge is 0.199 e. The molecular formula is C18H15NO2. The number of nitrogens with one attached hydrogen (secondary N) is 1. The van der Waals surface area contributed by atoms with Gasteiger partial charge in [0, 0.05) is 17.3 Å². The molecule has 3 rings (SSSR count). The van der Waals surface area contributed by atoms with Crippen molar-refractivity contribution < 1.29 is 9.53 Å². The first-order chi connectivity index (χ1) is 10.4. The van der Waals surface area contributed by atoms with Crippen molar-refractivity contribution in [2.24, 2.45) is 0 Å². The Morgan fingerprint density at radius 1 is 0.952 bits per heavy atom. The predicted octanol–water partition coefficient (Wildman–Crippen LogP) is 4.07. The Morgan fingerprint density at radius 3 is 2.43 bits per heavy atom. The van der Waals surface area contributed by atoms with Crippen molar-refractivity contribution in [3.63, 3.8) is 0 Å². The van der Waals surface area contributed by atoms with Gasteiger partial charge in [-0.1, -0.05) is 54.6 Å². The van der Waals surface area contributed by atoms with Gasteiger partial charge < -0.3 is 9.72 Å². The molecule has 1 aromatic heterocycles. The van der Waals surface area contributed by atoms with Gasteiger partial charge in [-0.05, 0) is 17.2 Å². The van der Waals surface area contributed by atoms with Crippen LogP contribution >= 0.6 is 0 Å². The van der Waals surface area contributed by atoms with Crippen molar-refractivity contribution in [3.05, 3.63) is 78.0 Å². The minimum Gasteiger partial charge on any atom is -0.474 e. The van der Waals surface area contributed by atoms with Crippen molar-refractivity contribution in [3.8, 4) is 17.0 Å². The normalized spacial score (nSPS) is 10.3. The lowest BCUT2D eigenvalue weighted by atomic mass is 10.1. The Balaban J connectivity index is 1.78. The molecule has 0 aliphatic heterocycles. The number of aromatic amines is 1. The number of ether oxygens (including phenoxy) is 1. The van der Waals surface area contributed by atoms with Crippen LogP contribution in [0, 0.1) is 0 Å². The summed E-state index contributed by atoms with van der Waals surface area (Å²) in [5, 5.41) is 0. The maximum Gasteiger partial charge on any atom is 0.199 e. The van der Waals surface area contributed by atoms with E-state index in [1.54, 1.807) is 12.1 Å². The third-order valence-corrected chi connectivity index (χ3v) is 3.29. The fourth-order valence-corrected chi connectivity index (χ4v) is 2.17. The van der Waals surface area contributed by atoms with Crippen LogP contribution in [0.3, 0.4) is 0 Å². The van der Waals surface area contributed by atoms with E-state index in [1.807, 2.05) is 54.7 Å². The van der Waals surface area contributed by atoms with Crippen LogP contribution in [0.2, 0.25) is 0 Å². The van der Waals surface area contributed by atoms with Gasteiger partial charge in [-0.3, -0.25) is 4.79 Å². The van der Waals surface area contributed by atoms with E-state index in [-0.39, 0.29) is 0 Å². The standard InChI is InChI=1S/C18H15NO2/c20-12-14-6-8-16(9-7-14)17-10-11-19-18(17)21-13-15-4-2-1-3-5-15/h1-12,19H,13H2. The van der Waals surface area contributed by atoms with E-state index < -0.39 is 0 Å². The maximum absolute atomic E-state index is 10.7. The van der Waals surface area contributed by atoms with Crippen molar-refractivity contribution in [1.29, 1.82) is 0 Å². The lowest BCUT2D eigenvalue weighted by molar-refractivity contribution is 0.112. The zero-order valence-corrected chi connectivity index (χ0v) is 11.5. The largest absolute Gasteiger partial charge is 0.474 e. The molecule has 0 radical (unpaired) electrons. The van der Waals surface area contributed by atoms with E-state index in [9.17, 15) is 4.79 Å². The van der Waals surface area contributed by atoms with Crippen LogP contribution in [0.1, 0.15) is 15.9 Å². The summed E-state index contributed by atoms with van der Waals surface area (Å²) in [5.41, 5.74) is 3.80. The van der Waals surface area contributed by atoms with Gasteiger partial charge >= 0.3 is 0 Å². The highest BCUT2D eigenvalue weighted by atomic mass is 16.5. The molecule has 0 spiro atoms. The van der Waals surface area contributed by atoms with Crippen LogP contribution in [-0.2, 0) is 6.61 Å². The summed E-state index contributed by atoms with van der Waals surface area (Å²) in [6.07, 6.45) is 2.69. The lowest BCUT2D eigenvalue weighted by Gasteiger charge is -2.07. The third kappa shape index (κ3) is 3.03. The Kier molecular flexibility index (Phi) is 3.83. The zero-order chi connectivity index (χ0) is 14.5. The third-order valence-electron chi connectivity index (χ3n) is 3.29. The fraction of sp³-hybridized carbons (Fsp3) is 0.0556. The molecule has 104 valence electrons. The predicted molar refractivity (Wildman–Crippen MR) is 82.4 cm³/mol. The van der Waals surface area contributed by atoms with E-state index in [4.69, 9.17) is 4.74 Å². The minimum absolute atomic E-state index is 0.515. The molecule has 0 fully saturated rings. The molecule has 0 aliphatic rings. The highest BCUT2D eigenvalue weighted by molar-refractivity contribution is 5.77. The number of aromatic nitrogens is 1. The first-order valence-electron chi connectivity index (χ1n) is 6.76. The van der Waals surface area contributed by atoms with Gasteiger partial charge in [-0.15, -0.1) is 0 Å². The molecule has 0 atom stereocenters. The van der Waals surface area contributed by atoms with Crippen LogP contribution in [0.4, 0.5) is 0 Å². The number of rotatable bonds is 5. The summed E-state index contributed by atoms with van der Waals surface area (Å²) in [6.45, 7) is 0.515. The fourth-order valence-electron chi connectivity index (χ4n) is 2.17. The van der Waals surface area contributed by atoms with E-state index in [0.717, 1.165) is 28.9 Å². The molecule has 3 aromatic rings. The summed E-state index contributed by atoms with van der Waals surface area (Å²) in [4.78, 5) is 13.8. The summed E-state index contributed by atoms with van der Waals surface area (Å²) in [5.74, 6) is 0.734. The Bertz CT molecular complexity index is 714. The molecule has 1 N–H and O–H groups in total. The van der Waals surface area contributed by atoms with E-state index in [0.29, 0.717) is 12.2 Å². The zero-order valence-electron chi connectivity index (χ0n) is 11.5. The molecule has 0 aliphatic carbocycles. The molecule has 21 heavy (non-hydrogen) atoms. The number of aldehydes is 1. The van der Waals surface area contributed by atoms with Crippen molar-refractivity contribution in [1.82, 2.24) is 4.98 Å². The second-order valence-electron chi connectivity index (χ2n) is 4.73. The minimum atomic E-state index is 0.515. The summed E-state index contributed by atoms with van der Waals surface area (Å²) < 4.78 is 5.85. The highest BCUT2D eigenvalue weighted by Crippen LogP contribution is 2.29. The van der Waals surface area contributed by atoms with Crippen LogP contribution < -0.4 is 4.74 Å². The first kappa shape index (κ1) is 13.2. The summed E-state index contributed by atoms with van der Waals surface area (Å²) in [6, 6.07) is 19.4. The maximum atomic E-state index is 10.7. The Morgan fingerprint density at radius 2 is 1.71 bits per heavy atom. The SMILES string of the molecule is O=Cc1ccc(-c2cc[nH]c2OCc2ccccc2)cc1. The van der Waals surface area contributed by atoms with Gasteiger partial charge in [0.05, 0.1) is 0 Å². The van der Waals surface area contributed by atoms with Gasteiger partial charge in [-0.2, -0.15) is 0 Å². The second kappa shape index (κ2) is 6.09. The van der Waals surface area contributed by atoms with Gasteiger partial charge in [0.1, 0.15) is 12.9 Å². The second-order valence-corrected chi connectivity index (χ2v) is 4.73. The topological polar surface area (TPSA) is 42.1 Å². The molecule has 3 heteroatoms. The Labute approximate surface area is 123 Å². The van der Waals surface area contributed by atoms with E-state index >= 15 is 0 Å². The number of hydrogen-bond acceptors (Lipinski definition) is 2. The van der Waals surface area contributed by atoms with E-state index in [2.05, 4.69) is 4.98 Å². The monoisotopic (exact) mass is 277 g/mol. The van der Waals surface area contributed by atoms with Crippen molar-refractivity contribution in [2.75, 3.05) is 0 Å². The molecule has 0 unspecified atom stereocenters. The van der Waals surface area contributed by atoms with Crippen molar-refractivity contribution in [2.45, 2.75) is 6.61 Å². The molecule has 2 aromatic carbocycles. The molecule has 1 heterocycles. The van der Waals surface area contributed by atoms with E-state index in [1.165, 1.54) is 0 Å². The Hall–Kier alpha value is -2.81. The van der Waals surface area contributed by atoms with Crippen LogP contribution in [-0.4, -0.2) is 11.3 Å². The molecule has 0 amide bonds. The number of benzene rings is 2.